The van der Waals surface area contributed by atoms with Gasteiger partial charge in [0.05, 0.1) is 12.0 Å². The molecule has 0 saturated carbocycles. The lowest BCUT2D eigenvalue weighted by Crippen LogP contribution is -2.29. The maximum Gasteiger partial charge on any atom is 0.242 e. The highest BCUT2D eigenvalue weighted by Gasteiger charge is 2.19. The number of imidazole rings is 1. The van der Waals surface area contributed by atoms with Crippen molar-refractivity contribution >= 4 is 19.7 Å². The molecule has 0 amide bonds. The molecule has 0 aliphatic heterocycles. The fraction of sp³-hybridized carbons (Fsp3) is 0.238. The van der Waals surface area contributed by atoms with Gasteiger partial charge in [-0.05, 0) is 38.7 Å². The third-order valence-electron chi connectivity index (χ3n) is 4.02. The van der Waals surface area contributed by atoms with E-state index in [0.717, 1.165) is 34.1 Å². The van der Waals surface area contributed by atoms with E-state index >= 15 is 0 Å². The Hall–Kier alpha value is -2.66. The van der Waals surface area contributed by atoms with Crippen LogP contribution in [0.4, 0.5) is 5.69 Å². The lowest BCUT2D eigenvalue weighted by atomic mass is 10.1. The molecule has 3 rings (SSSR count). The Kier molecular flexibility index (Phi) is 5.09. The summed E-state index contributed by atoms with van der Waals surface area (Å²) in [5.41, 5.74) is 4.70. The third-order valence-corrected chi connectivity index (χ3v) is 4.85. The van der Waals surface area contributed by atoms with Crippen LogP contribution in [0, 0.1) is 6.92 Å². The van der Waals surface area contributed by atoms with Gasteiger partial charge in [-0.3, -0.25) is 0 Å². The number of aromatic nitrogens is 2. The summed E-state index contributed by atoms with van der Waals surface area (Å²) in [6.45, 7) is 8.59. The van der Waals surface area contributed by atoms with Crippen molar-refractivity contribution in [3.05, 3.63) is 77.9 Å². The van der Waals surface area contributed by atoms with E-state index in [1.807, 2.05) is 60.4 Å². The Morgan fingerprint density at radius 3 is 2.27 bits per heavy atom. The molecule has 0 spiro atoms. The van der Waals surface area contributed by atoms with Gasteiger partial charge in [0.1, 0.15) is 17.1 Å². The highest BCUT2D eigenvalue weighted by molar-refractivity contribution is 6.70. The first-order valence-electron chi connectivity index (χ1n) is 8.75. The summed E-state index contributed by atoms with van der Waals surface area (Å²) in [6, 6.07) is 18.1. The molecule has 0 bridgehead atoms. The van der Waals surface area contributed by atoms with Crippen molar-refractivity contribution < 1.29 is 4.43 Å². The first-order chi connectivity index (χ1) is 12.3. The molecule has 5 heteroatoms. The molecule has 1 aromatic heterocycles. The lowest BCUT2D eigenvalue weighted by Gasteiger charge is -2.20. The molecule has 0 saturated heterocycles. The van der Waals surface area contributed by atoms with Gasteiger partial charge in [0, 0.05) is 18.3 Å². The predicted molar refractivity (Wildman–Crippen MR) is 110 cm³/mol. The van der Waals surface area contributed by atoms with Crippen LogP contribution in [0.3, 0.4) is 0 Å². The van der Waals surface area contributed by atoms with Gasteiger partial charge in [0.15, 0.2) is 0 Å². The molecule has 0 aliphatic carbocycles. The van der Waals surface area contributed by atoms with E-state index in [9.17, 15) is 0 Å². The molecule has 0 atom stereocenters. The number of para-hydroxylation sites is 2. The number of hydrogen-bond acceptors (Lipinski definition) is 3. The Balaban J connectivity index is 2.16. The summed E-state index contributed by atoms with van der Waals surface area (Å²) >= 11 is 0. The predicted octanol–water partition coefficient (Wildman–Crippen LogP) is 5.11. The van der Waals surface area contributed by atoms with Crippen LogP contribution in [0.15, 0.2) is 65.9 Å². The number of hydrogen-bond donors (Lipinski definition) is 0. The van der Waals surface area contributed by atoms with Crippen LogP contribution < -0.4 is 4.43 Å². The van der Waals surface area contributed by atoms with E-state index in [1.165, 1.54) is 0 Å². The molecule has 0 N–H and O–H groups in total. The molecule has 3 aromatic rings. The zero-order valence-corrected chi connectivity index (χ0v) is 17.0. The maximum atomic E-state index is 6.25. The summed E-state index contributed by atoms with van der Waals surface area (Å²) < 4.78 is 8.26. The van der Waals surface area contributed by atoms with Crippen molar-refractivity contribution in [2.75, 3.05) is 0 Å². The summed E-state index contributed by atoms with van der Waals surface area (Å²) in [4.78, 5) is 9.59. The highest BCUT2D eigenvalue weighted by atomic mass is 28.4. The fourth-order valence-electron chi connectivity index (χ4n) is 2.66. The van der Waals surface area contributed by atoms with Crippen LogP contribution in [0.25, 0.3) is 0 Å². The van der Waals surface area contributed by atoms with E-state index in [1.54, 1.807) is 0 Å². The van der Waals surface area contributed by atoms with Crippen molar-refractivity contribution in [3.8, 4) is 5.75 Å². The minimum Gasteiger partial charge on any atom is -0.543 e. The van der Waals surface area contributed by atoms with Gasteiger partial charge in [0.25, 0.3) is 0 Å². The Labute approximate surface area is 156 Å². The Morgan fingerprint density at radius 1 is 1.00 bits per heavy atom. The molecule has 2 aromatic carbocycles. The van der Waals surface area contributed by atoms with Gasteiger partial charge < -0.3 is 8.99 Å². The molecule has 26 heavy (non-hydrogen) atoms. The smallest absolute Gasteiger partial charge is 0.242 e. The minimum absolute atomic E-state index is 0.827. The molecular weight excluding hydrogens is 338 g/mol. The third kappa shape index (κ3) is 4.11. The van der Waals surface area contributed by atoms with E-state index in [4.69, 9.17) is 9.42 Å². The fourth-order valence-corrected chi connectivity index (χ4v) is 3.49. The topological polar surface area (TPSA) is 39.4 Å². The van der Waals surface area contributed by atoms with Gasteiger partial charge in [-0.25, -0.2) is 9.98 Å². The molecule has 1 heterocycles. The molecular formula is C21H25N3OSi. The molecule has 134 valence electrons. The van der Waals surface area contributed by atoms with E-state index in [-0.39, 0.29) is 0 Å². The van der Waals surface area contributed by atoms with E-state index in [0.29, 0.717) is 0 Å². The monoisotopic (exact) mass is 363 g/mol. The van der Waals surface area contributed by atoms with E-state index < -0.39 is 8.32 Å². The first-order valence-corrected chi connectivity index (χ1v) is 12.2. The largest absolute Gasteiger partial charge is 0.543 e. The summed E-state index contributed by atoms with van der Waals surface area (Å²) in [7, 11) is 0.262. The van der Waals surface area contributed by atoms with Gasteiger partial charge in [0.2, 0.25) is 8.32 Å². The summed E-state index contributed by atoms with van der Waals surface area (Å²) in [5, 5.41) is 0. The van der Waals surface area contributed by atoms with Crippen molar-refractivity contribution in [2.45, 2.75) is 26.6 Å². The number of nitrogens with zero attached hydrogens (tertiary/aromatic N) is 3. The van der Waals surface area contributed by atoms with Gasteiger partial charge >= 0.3 is 0 Å². The standard InChI is InChI=1S/C21H25N3OSi/c1-16-20(22-15-24(16)2)21(17-11-7-6-8-12-17)23-18-13-9-10-14-19(18)25-26(3,4)5/h6-15H,1-5H3. The van der Waals surface area contributed by atoms with Crippen LogP contribution in [0.1, 0.15) is 17.0 Å². The minimum atomic E-state index is -1.73. The Bertz CT molecular complexity index is 924. The zero-order chi connectivity index (χ0) is 18.7. The number of aliphatic imine (C=N–C) groups is 1. The van der Waals surface area contributed by atoms with Crippen molar-refractivity contribution in [2.24, 2.45) is 12.0 Å². The van der Waals surface area contributed by atoms with Crippen molar-refractivity contribution in [1.82, 2.24) is 9.55 Å². The van der Waals surface area contributed by atoms with Gasteiger partial charge in [-0.1, -0.05) is 42.5 Å². The summed E-state index contributed by atoms with van der Waals surface area (Å²) in [6.07, 6.45) is 1.83. The summed E-state index contributed by atoms with van der Waals surface area (Å²) in [5.74, 6) is 0.827. The lowest BCUT2D eigenvalue weighted by molar-refractivity contribution is 0.559. The average Bonchev–Trinajstić information content (AvgIpc) is 2.93. The number of benzene rings is 2. The first kappa shape index (κ1) is 18.1. The number of rotatable bonds is 5. The average molecular weight is 364 g/mol. The second kappa shape index (κ2) is 7.29. The molecule has 4 nitrogen and oxygen atoms in total. The second-order valence-electron chi connectivity index (χ2n) is 7.30. The van der Waals surface area contributed by atoms with Crippen molar-refractivity contribution in [3.63, 3.8) is 0 Å². The van der Waals surface area contributed by atoms with E-state index in [2.05, 4.69) is 43.7 Å². The van der Waals surface area contributed by atoms with Gasteiger partial charge in [-0.15, -0.1) is 0 Å². The second-order valence-corrected chi connectivity index (χ2v) is 11.7. The molecule has 0 radical (unpaired) electrons. The number of aryl methyl sites for hydroxylation is 1. The van der Waals surface area contributed by atoms with Gasteiger partial charge in [-0.2, -0.15) is 0 Å². The van der Waals surface area contributed by atoms with Crippen molar-refractivity contribution in [1.29, 1.82) is 0 Å². The maximum absolute atomic E-state index is 6.25. The van der Waals surface area contributed by atoms with Crippen LogP contribution in [-0.4, -0.2) is 23.6 Å². The zero-order valence-electron chi connectivity index (χ0n) is 16.0. The normalized spacial score (nSPS) is 12.3. The molecule has 0 fully saturated rings. The molecule has 0 aliphatic rings. The Morgan fingerprint density at radius 2 is 1.65 bits per heavy atom. The highest BCUT2D eigenvalue weighted by Crippen LogP contribution is 2.31. The molecule has 0 unspecified atom stereocenters. The van der Waals surface area contributed by atoms with Crippen LogP contribution in [-0.2, 0) is 7.05 Å². The van der Waals surface area contributed by atoms with Crippen LogP contribution in [0.2, 0.25) is 19.6 Å². The van der Waals surface area contributed by atoms with Crippen LogP contribution in [0.5, 0.6) is 5.75 Å². The SMILES string of the molecule is Cc1c(C(=Nc2ccccc2O[Si](C)(C)C)c2ccccc2)ncn1C. The quantitative estimate of drug-likeness (QED) is 0.467. The van der Waals surface area contributed by atoms with Crippen LogP contribution >= 0.6 is 0 Å².